The largest absolute Gasteiger partial charge is 0.478 e. The van der Waals surface area contributed by atoms with Gasteiger partial charge in [-0.1, -0.05) is 23.8 Å². The first-order chi connectivity index (χ1) is 6.09. The maximum atomic E-state index is 10.6. The monoisotopic (exact) mass is 176 g/mol. The van der Waals surface area contributed by atoms with Crippen LogP contribution in [0.5, 0.6) is 0 Å². The summed E-state index contributed by atoms with van der Waals surface area (Å²) in [6.07, 6.45) is 1.95. The number of carboxylic acid groups (broad SMARTS) is 1. The highest BCUT2D eigenvalue weighted by Gasteiger charge is 2.00. The van der Waals surface area contributed by atoms with E-state index in [-0.39, 0.29) is 0 Å². The van der Waals surface area contributed by atoms with Crippen LogP contribution in [0.4, 0.5) is 0 Å². The molecule has 0 amide bonds. The first-order valence-corrected chi connectivity index (χ1v) is 4.08. The molecule has 2 nitrogen and oxygen atoms in total. The molecule has 1 aromatic carbocycles. The number of carboxylic acids is 1. The molecular formula is C11H12O2. The van der Waals surface area contributed by atoms with E-state index in [0.717, 1.165) is 11.1 Å². The van der Waals surface area contributed by atoms with Gasteiger partial charge < -0.3 is 5.11 Å². The van der Waals surface area contributed by atoms with Crippen molar-refractivity contribution in [2.75, 3.05) is 0 Å². The Balaban J connectivity index is 3.06. The summed E-state index contributed by atoms with van der Waals surface area (Å²) in [6.45, 7) is 3.96. The zero-order chi connectivity index (χ0) is 9.84. The molecule has 68 valence electrons. The molecule has 0 saturated carbocycles. The number of aromatic carboxylic acids is 1. The van der Waals surface area contributed by atoms with Crippen molar-refractivity contribution in [1.82, 2.24) is 0 Å². The minimum absolute atomic E-state index is 0.329. The van der Waals surface area contributed by atoms with Gasteiger partial charge in [-0.25, -0.2) is 4.79 Å². The molecule has 0 aromatic heterocycles. The lowest BCUT2D eigenvalue weighted by molar-refractivity contribution is 0.0697. The van der Waals surface area contributed by atoms with Gasteiger partial charge in [0.1, 0.15) is 0 Å². The maximum absolute atomic E-state index is 10.6. The predicted molar refractivity (Wildman–Crippen MR) is 52.7 cm³/mol. The molecule has 0 radical (unpaired) electrons. The molecule has 0 fully saturated rings. The number of carbonyl (C=O) groups is 1. The average Bonchev–Trinajstić information content (AvgIpc) is 2.03. The maximum Gasteiger partial charge on any atom is 0.335 e. The molecular weight excluding hydrogens is 164 g/mol. The van der Waals surface area contributed by atoms with Gasteiger partial charge in [-0.05, 0) is 31.5 Å². The Morgan fingerprint density at radius 2 is 2.08 bits per heavy atom. The summed E-state index contributed by atoms with van der Waals surface area (Å²) in [5.74, 6) is -0.885. The van der Waals surface area contributed by atoms with Crippen LogP contribution in [-0.4, -0.2) is 11.1 Å². The van der Waals surface area contributed by atoms with Crippen LogP contribution < -0.4 is 0 Å². The van der Waals surface area contributed by atoms with Crippen molar-refractivity contribution in [3.05, 3.63) is 41.0 Å². The van der Waals surface area contributed by atoms with E-state index in [1.165, 1.54) is 0 Å². The Bertz CT molecular complexity index is 347. The minimum atomic E-state index is -0.885. The zero-order valence-corrected chi connectivity index (χ0v) is 7.74. The van der Waals surface area contributed by atoms with Crippen molar-refractivity contribution in [3.63, 3.8) is 0 Å². The molecule has 0 aliphatic heterocycles. The number of hydrogen-bond acceptors (Lipinski definition) is 1. The highest BCUT2D eigenvalue weighted by molar-refractivity contribution is 5.88. The van der Waals surface area contributed by atoms with E-state index in [1.54, 1.807) is 18.2 Å². The number of hydrogen-bond donors (Lipinski definition) is 1. The Kier molecular flexibility index (Phi) is 2.85. The highest BCUT2D eigenvalue weighted by atomic mass is 16.4. The van der Waals surface area contributed by atoms with E-state index < -0.39 is 5.97 Å². The third-order valence-electron chi connectivity index (χ3n) is 1.59. The van der Waals surface area contributed by atoms with Crippen molar-refractivity contribution in [1.29, 1.82) is 0 Å². The molecule has 1 aromatic rings. The summed E-state index contributed by atoms with van der Waals surface area (Å²) in [5.41, 5.74) is 2.41. The molecule has 1 N–H and O–H groups in total. The molecule has 0 unspecified atom stereocenters. The molecule has 1 rings (SSSR count). The van der Waals surface area contributed by atoms with Gasteiger partial charge in [0.2, 0.25) is 0 Å². The lowest BCUT2D eigenvalue weighted by Gasteiger charge is -1.97. The topological polar surface area (TPSA) is 37.3 Å². The molecule has 0 aliphatic rings. The fraction of sp³-hybridized carbons (Fsp3) is 0.182. The van der Waals surface area contributed by atoms with Gasteiger partial charge in [0.15, 0.2) is 0 Å². The van der Waals surface area contributed by atoms with E-state index in [9.17, 15) is 4.79 Å². The van der Waals surface area contributed by atoms with Crippen LogP contribution in [0.1, 0.15) is 29.8 Å². The zero-order valence-electron chi connectivity index (χ0n) is 7.74. The molecule has 0 spiro atoms. The van der Waals surface area contributed by atoms with Crippen LogP contribution in [0.2, 0.25) is 0 Å². The fourth-order valence-corrected chi connectivity index (χ4v) is 1.09. The van der Waals surface area contributed by atoms with E-state index in [4.69, 9.17) is 5.11 Å². The molecule has 0 saturated heterocycles. The first-order valence-electron chi connectivity index (χ1n) is 4.08. The van der Waals surface area contributed by atoms with Crippen molar-refractivity contribution in [2.24, 2.45) is 0 Å². The van der Waals surface area contributed by atoms with Crippen LogP contribution in [0, 0.1) is 0 Å². The molecule has 2 heteroatoms. The van der Waals surface area contributed by atoms with Gasteiger partial charge in [-0.2, -0.15) is 0 Å². The molecule has 0 aliphatic carbocycles. The summed E-state index contributed by atoms with van der Waals surface area (Å²) in [5, 5.41) is 8.72. The van der Waals surface area contributed by atoms with Gasteiger partial charge in [0.25, 0.3) is 0 Å². The second-order valence-electron chi connectivity index (χ2n) is 3.15. The Morgan fingerprint density at radius 3 is 2.62 bits per heavy atom. The third-order valence-corrected chi connectivity index (χ3v) is 1.59. The van der Waals surface area contributed by atoms with E-state index in [1.807, 2.05) is 26.0 Å². The summed E-state index contributed by atoms with van der Waals surface area (Å²) < 4.78 is 0. The van der Waals surface area contributed by atoms with Crippen LogP contribution in [0.25, 0.3) is 6.08 Å². The normalized spacial score (nSPS) is 9.38. The van der Waals surface area contributed by atoms with Crippen molar-refractivity contribution in [2.45, 2.75) is 13.8 Å². The number of rotatable bonds is 2. The third kappa shape index (κ3) is 2.75. The van der Waals surface area contributed by atoms with Gasteiger partial charge in [0, 0.05) is 0 Å². The molecule has 13 heavy (non-hydrogen) atoms. The van der Waals surface area contributed by atoms with Crippen molar-refractivity contribution in [3.8, 4) is 0 Å². The summed E-state index contributed by atoms with van der Waals surface area (Å²) in [7, 11) is 0. The van der Waals surface area contributed by atoms with E-state index >= 15 is 0 Å². The summed E-state index contributed by atoms with van der Waals surface area (Å²) in [4.78, 5) is 10.6. The standard InChI is InChI=1S/C11H12O2/c1-8(2)6-9-4-3-5-10(7-9)11(12)13/h3-7H,1-2H3,(H,12,13). The highest BCUT2D eigenvalue weighted by Crippen LogP contribution is 2.09. The second-order valence-corrected chi connectivity index (χ2v) is 3.15. The fourth-order valence-electron chi connectivity index (χ4n) is 1.09. The predicted octanol–water partition coefficient (Wildman–Crippen LogP) is 2.81. The summed E-state index contributed by atoms with van der Waals surface area (Å²) in [6, 6.07) is 6.89. The van der Waals surface area contributed by atoms with E-state index in [2.05, 4.69) is 0 Å². The first kappa shape index (κ1) is 9.52. The molecule has 0 bridgehead atoms. The summed E-state index contributed by atoms with van der Waals surface area (Å²) >= 11 is 0. The lowest BCUT2D eigenvalue weighted by Crippen LogP contribution is -1.95. The van der Waals surface area contributed by atoms with Gasteiger partial charge >= 0.3 is 5.97 Å². The molecule has 0 atom stereocenters. The van der Waals surface area contributed by atoms with Crippen molar-refractivity contribution < 1.29 is 9.90 Å². The van der Waals surface area contributed by atoms with Gasteiger partial charge in [0.05, 0.1) is 5.56 Å². The van der Waals surface area contributed by atoms with Gasteiger partial charge in [-0.15, -0.1) is 0 Å². The SMILES string of the molecule is CC(C)=Cc1cccc(C(=O)O)c1. The smallest absolute Gasteiger partial charge is 0.335 e. The quantitative estimate of drug-likeness (QED) is 0.752. The Morgan fingerprint density at radius 1 is 1.38 bits per heavy atom. The van der Waals surface area contributed by atoms with E-state index in [0.29, 0.717) is 5.56 Å². The van der Waals surface area contributed by atoms with Crippen molar-refractivity contribution >= 4 is 12.0 Å². The Hall–Kier alpha value is -1.57. The molecule has 0 heterocycles. The van der Waals surface area contributed by atoms with Crippen LogP contribution in [0.3, 0.4) is 0 Å². The lowest BCUT2D eigenvalue weighted by atomic mass is 10.1. The second kappa shape index (κ2) is 3.90. The van der Waals surface area contributed by atoms with Gasteiger partial charge in [-0.3, -0.25) is 0 Å². The number of benzene rings is 1. The van der Waals surface area contributed by atoms with Crippen LogP contribution >= 0.6 is 0 Å². The Labute approximate surface area is 77.5 Å². The van der Waals surface area contributed by atoms with Crippen LogP contribution in [0.15, 0.2) is 29.8 Å². The van der Waals surface area contributed by atoms with Crippen LogP contribution in [-0.2, 0) is 0 Å². The number of allylic oxidation sites excluding steroid dienone is 1. The average molecular weight is 176 g/mol. The minimum Gasteiger partial charge on any atom is -0.478 e.